The molecule has 3 rings (SSSR count). The molecule has 158 valence electrons. The smallest absolute Gasteiger partial charge is 0.328 e. The van der Waals surface area contributed by atoms with E-state index in [4.69, 9.17) is 0 Å². The number of halogens is 1. The molecule has 0 saturated carbocycles. The first-order chi connectivity index (χ1) is 14.5. The van der Waals surface area contributed by atoms with Crippen LogP contribution < -0.4 is 11.2 Å². The van der Waals surface area contributed by atoms with Crippen LogP contribution in [0.4, 0.5) is 4.39 Å². The summed E-state index contributed by atoms with van der Waals surface area (Å²) >= 11 is 0. The number of nitrogens with one attached hydrogen (secondary N) is 1. The van der Waals surface area contributed by atoms with Crippen molar-refractivity contribution in [3.63, 3.8) is 0 Å². The molecule has 0 aliphatic carbocycles. The molecule has 1 heterocycles. The van der Waals surface area contributed by atoms with Crippen molar-refractivity contribution < 1.29 is 9.18 Å². The fourth-order valence-electron chi connectivity index (χ4n) is 3.48. The molecule has 3 aromatic rings. The monoisotopic (exact) mass is 411 g/mol. The molecule has 2 aromatic carbocycles. The topological polar surface area (TPSA) is 75.2 Å². The maximum Gasteiger partial charge on any atom is 0.328 e. The molecule has 6 nitrogen and oxygen atoms in total. The Morgan fingerprint density at radius 2 is 1.80 bits per heavy atom. The van der Waals surface area contributed by atoms with Crippen LogP contribution in [0.5, 0.6) is 0 Å². The van der Waals surface area contributed by atoms with Gasteiger partial charge < -0.3 is 4.90 Å². The summed E-state index contributed by atoms with van der Waals surface area (Å²) in [6.07, 6.45) is 3.06. The Kier molecular flexibility index (Phi) is 7.17. The van der Waals surface area contributed by atoms with Crippen LogP contribution in [-0.2, 0) is 17.9 Å². The highest BCUT2D eigenvalue weighted by Crippen LogP contribution is 2.12. The van der Waals surface area contributed by atoms with Crippen LogP contribution in [0.15, 0.2) is 58.1 Å². The van der Waals surface area contributed by atoms with E-state index in [2.05, 4.69) is 11.9 Å². The zero-order chi connectivity index (χ0) is 21.5. The second-order valence-electron chi connectivity index (χ2n) is 7.33. The van der Waals surface area contributed by atoms with Crippen molar-refractivity contribution in [3.05, 3.63) is 80.7 Å². The van der Waals surface area contributed by atoms with E-state index in [1.54, 1.807) is 41.3 Å². The molecule has 0 atom stereocenters. The van der Waals surface area contributed by atoms with E-state index in [1.807, 2.05) is 0 Å². The summed E-state index contributed by atoms with van der Waals surface area (Å²) in [5.74, 6) is -0.399. The van der Waals surface area contributed by atoms with Crippen molar-refractivity contribution in [1.29, 1.82) is 0 Å². The van der Waals surface area contributed by atoms with Crippen LogP contribution in [0, 0.1) is 5.82 Å². The molecule has 0 bridgehead atoms. The fraction of sp³-hybridized carbons (Fsp3) is 0.348. The van der Waals surface area contributed by atoms with Crippen LogP contribution in [0.1, 0.15) is 38.2 Å². The molecule has 7 heteroatoms. The Hall–Kier alpha value is -3.22. The molecule has 1 amide bonds. The molecule has 0 saturated heterocycles. The van der Waals surface area contributed by atoms with Crippen molar-refractivity contribution in [2.45, 2.75) is 45.7 Å². The molecule has 30 heavy (non-hydrogen) atoms. The van der Waals surface area contributed by atoms with Gasteiger partial charge in [-0.2, -0.15) is 0 Å². The highest BCUT2D eigenvalue weighted by atomic mass is 19.1. The number of rotatable bonds is 9. The number of hydrogen-bond acceptors (Lipinski definition) is 3. The number of hydrogen-bond donors (Lipinski definition) is 1. The third kappa shape index (κ3) is 5.23. The Labute approximate surface area is 174 Å². The van der Waals surface area contributed by atoms with Gasteiger partial charge in [-0.1, -0.05) is 44.0 Å². The Morgan fingerprint density at radius 1 is 1.07 bits per heavy atom. The van der Waals surface area contributed by atoms with Crippen LogP contribution >= 0.6 is 0 Å². The van der Waals surface area contributed by atoms with E-state index < -0.39 is 11.2 Å². The summed E-state index contributed by atoms with van der Waals surface area (Å²) in [6.45, 7) is 3.26. The molecule has 0 radical (unpaired) electrons. The molecule has 0 aliphatic heterocycles. The molecule has 1 N–H and O–H groups in total. The molecule has 0 unspecified atom stereocenters. The van der Waals surface area contributed by atoms with Crippen molar-refractivity contribution >= 4 is 16.8 Å². The van der Waals surface area contributed by atoms with Gasteiger partial charge in [-0.15, -0.1) is 0 Å². The minimum absolute atomic E-state index is 0.0855. The normalized spacial score (nSPS) is 11.0. The number of aromatic nitrogens is 2. The summed E-state index contributed by atoms with van der Waals surface area (Å²) in [5, 5.41) is 0.413. The van der Waals surface area contributed by atoms with Crippen LogP contribution in [0.25, 0.3) is 10.9 Å². The number of benzene rings is 2. The minimum atomic E-state index is -0.525. The van der Waals surface area contributed by atoms with Gasteiger partial charge in [0.25, 0.3) is 5.56 Å². The van der Waals surface area contributed by atoms with Crippen LogP contribution in [-0.4, -0.2) is 26.9 Å². The summed E-state index contributed by atoms with van der Waals surface area (Å²) in [5.41, 5.74) is 0.404. The molecular weight excluding hydrogens is 385 g/mol. The first-order valence-electron chi connectivity index (χ1n) is 10.2. The highest BCUT2D eigenvalue weighted by molar-refractivity contribution is 5.79. The van der Waals surface area contributed by atoms with Crippen molar-refractivity contribution in [2.75, 3.05) is 6.54 Å². The summed E-state index contributed by atoms with van der Waals surface area (Å²) in [4.78, 5) is 41.3. The first-order valence-corrected chi connectivity index (χ1v) is 10.2. The second kappa shape index (κ2) is 10.0. The lowest BCUT2D eigenvalue weighted by Gasteiger charge is -2.23. The van der Waals surface area contributed by atoms with Gasteiger partial charge in [-0.25, -0.2) is 9.18 Å². The second-order valence-corrected chi connectivity index (χ2v) is 7.33. The number of aryl methyl sites for hydroxylation is 1. The average molecular weight is 411 g/mol. The Bertz CT molecular complexity index is 1120. The van der Waals surface area contributed by atoms with Crippen LogP contribution in [0.2, 0.25) is 0 Å². The number of carbonyl (C=O) groups excluding carboxylic acids is 1. The van der Waals surface area contributed by atoms with Gasteiger partial charge in [0.15, 0.2) is 0 Å². The average Bonchev–Trinajstić information content (AvgIpc) is 2.74. The van der Waals surface area contributed by atoms with Gasteiger partial charge >= 0.3 is 5.69 Å². The van der Waals surface area contributed by atoms with Gasteiger partial charge in [0.05, 0.1) is 10.9 Å². The number of amides is 1. The molecule has 0 spiro atoms. The van der Waals surface area contributed by atoms with Gasteiger partial charge in [-0.05, 0) is 36.2 Å². The van der Waals surface area contributed by atoms with Crippen molar-refractivity contribution in [3.8, 4) is 0 Å². The third-order valence-corrected chi connectivity index (χ3v) is 5.13. The third-order valence-electron chi connectivity index (χ3n) is 5.13. The van der Waals surface area contributed by atoms with Gasteiger partial charge in [-0.3, -0.25) is 19.1 Å². The lowest BCUT2D eigenvalue weighted by Crippen LogP contribution is -2.35. The Morgan fingerprint density at radius 3 is 2.53 bits per heavy atom. The van der Waals surface area contributed by atoms with E-state index in [9.17, 15) is 18.8 Å². The number of carbonyl (C=O) groups is 1. The van der Waals surface area contributed by atoms with E-state index in [0.717, 1.165) is 24.8 Å². The van der Waals surface area contributed by atoms with Crippen LogP contribution in [0.3, 0.4) is 0 Å². The minimum Gasteiger partial charge on any atom is -0.338 e. The van der Waals surface area contributed by atoms with Gasteiger partial charge in [0.1, 0.15) is 5.82 Å². The van der Waals surface area contributed by atoms with E-state index in [-0.39, 0.29) is 24.7 Å². The number of nitrogens with zero attached hydrogens (tertiary/aromatic N) is 2. The predicted octanol–water partition coefficient (Wildman–Crippen LogP) is 3.44. The molecule has 1 aromatic heterocycles. The van der Waals surface area contributed by atoms with E-state index >= 15 is 0 Å². The summed E-state index contributed by atoms with van der Waals surface area (Å²) < 4.78 is 14.6. The standard InChI is InChI=1S/C23H26FN3O3/c1-2-3-6-14-26(16-17-9-11-18(24)12-10-17)21(28)13-15-27-20-8-5-4-7-19(20)22(29)25-23(27)30/h4-5,7-12H,2-3,6,13-16H2,1H3,(H,25,29,30). The lowest BCUT2D eigenvalue weighted by atomic mass is 10.1. The molecule has 0 aliphatic rings. The fourth-order valence-corrected chi connectivity index (χ4v) is 3.48. The van der Waals surface area contributed by atoms with E-state index in [0.29, 0.717) is 24.0 Å². The van der Waals surface area contributed by atoms with E-state index in [1.165, 1.54) is 16.7 Å². The Balaban J connectivity index is 1.77. The zero-order valence-electron chi connectivity index (χ0n) is 17.1. The van der Waals surface area contributed by atoms with Crippen molar-refractivity contribution in [1.82, 2.24) is 14.5 Å². The number of unbranched alkanes of at least 4 members (excludes halogenated alkanes) is 2. The number of H-pyrrole nitrogens is 1. The van der Waals surface area contributed by atoms with Crippen molar-refractivity contribution in [2.24, 2.45) is 0 Å². The highest BCUT2D eigenvalue weighted by Gasteiger charge is 2.15. The maximum atomic E-state index is 13.2. The SMILES string of the molecule is CCCCCN(Cc1ccc(F)cc1)C(=O)CCn1c(=O)[nH]c(=O)c2ccccc21. The largest absolute Gasteiger partial charge is 0.338 e. The quantitative estimate of drug-likeness (QED) is 0.548. The number of aromatic amines is 1. The number of para-hydroxylation sites is 1. The zero-order valence-corrected chi connectivity index (χ0v) is 17.1. The van der Waals surface area contributed by atoms with Gasteiger partial charge in [0, 0.05) is 26.1 Å². The maximum absolute atomic E-state index is 13.2. The molecule has 0 fully saturated rings. The van der Waals surface area contributed by atoms with Gasteiger partial charge in [0.2, 0.25) is 5.91 Å². The lowest BCUT2D eigenvalue weighted by molar-refractivity contribution is -0.132. The summed E-state index contributed by atoms with van der Waals surface area (Å²) in [7, 11) is 0. The first kappa shape index (κ1) is 21.5. The summed E-state index contributed by atoms with van der Waals surface area (Å²) in [6, 6.07) is 13.0. The molecular formula is C23H26FN3O3. The number of fused-ring (bicyclic) bond motifs is 1. The predicted molar refractivity (Wildman–Crippen MR) is 115 cm³/mol.